The van der Waals surface area contributed by atoms with Gasteiger partial charge in [0.15, 0.2) is 0 Å². The smallest absolute Gasteiger partial charge is 0.246 e. The van der Waals surface area contributed by atoms with Gasteiger partial charge in [-0.15, -0.1) is 11.3 Å². The number of aliphatic hydroxyl groups is 1. The number of carbonyl (C=O) groups is 3. The van der Waals surface area contributed by atoms with Gasteiger partial charge < -0.3 is 30.9 Å². The standard InChI is InChI=1S/C34H52N6O4S/c1-24-30(45-23-37-24)26-13-11-25(12-14-26)21-36-32(43)28-20-27(41)22-40(28)33(44)31(34(2,3)4)38-29(42)10-8-6-5-7-9-17-39-18-15-35-16-19-39/h11-14,23,27-28,31,35,41H,5-10,15-22H2,1-4H3,(H,36,43)(H,38,42)/t27-,28+,31-/m1/s1. The first-order chi connectivity index (χ1) is 21.5. The summed E-state index contributed by atoms with van der Waals surface area (Å²) in [5, 5.41) is 19.8. The molecule has 3 atom stereocenters. The first-order valence-corrected chi connectivity index (χ1v) is 17.4. The summed E-state index contributed by atoms with van der Waals surface area (Å²) in [6.45, 7) is 13.6. The highest BCUT2D eigenvalue weighted by Gasteiger charge is 2.44. The lowest BCUT2D eigenvalue weighted by Crippen LogP contribution is -2.57. The molecule has 2 aromatic rings. The van der Waals surface area contributed by atoms with Crippen LogP contribution in [0.3, 0.4) is 0 Å². The van der Waals surface area contributed by atoms with Crippen LogP contribution in [0, 0.1) is 12.3 Å². The van der Waals surface area contributed by atoms with Crippen molar-refractivity contribution in [1.29, 1.82) is 0 Å². The Morgan fingerprint density at radius 3 is 2.42 bits per heavy atom. The molecule has 248 valence electrons. The Balaban J connectivity index is 1.24. The van der Waals surface area contributed by atoms with Gasteiger partial charge in [-0.05, 0) is 42.9 Å². The van der Waals surface area contributed by atoms with Crippen molar-refractivity contribution in [2.45, 2.75) is 97.4 Å². The maximum absolute atomic E-state index is 13.8. The minimum atomic E-state index is -0.799. The number of nitrogens with zero attached hydrogens (tertiary/aromatic N) is 3. The molecule has 0 bridgehead atoms. The van der Waals surface area contributed by atoms with Crippen LogP contribution < -0.4 is 16.0 Å². The molecule has 2 aliphatic rings. The fraction of sp³-hybridized carbons (Fsp3) is 0.647. The zero-order chi connectivity index (χ0) is 32.4. The number of aliphatic hydroxyl groups excluding tert-OH is 1. The molecule has 0 unspecified atom stereocenters. The molecule has 3 amide bonds. The minimum Gasteiger partial charge on any atom is -0.391 e. The lowest BCUT2D eigenvalue weighted by molar-refractivity contribution is -0.144. The van der Waals surface area contributed by atoms with Crippen molar-refractivity contribution >= 4 is 29.1 Å². The van der Waals surface area contributed by atoms with Crippen molar-refractivity contribution in [1.82, 2.24) is 30.7 Å². The number of nitrogens with one attached hydrogen (secondary N) is 3. The zero-order valence-electron chi connectivity index (χ0n) is 27.4. The van der Waals surface area contributed by atoms with Crippen molar-refractivity contribution in [3.05, 3.63) is 41.0 Å². The molecule has 0 spiro atoms. The summed E-state index contributed by atoms with van der Waals surface area (Å²) in [4.78, 5) is 49.5. The first-order valence-electron chi connectivity index (χ1n) is 16.5. The maximum Gasteiger partial charge on any atom is 0.246 e. The quantitative estimate of drug-likeness (QED) is 0.233. The van der Waals surface area contributed by atoms with Crippen molar-refractivity contribution in [2.24, 2.45) is 5.41 Å². The number of thiazole rings is 1. The van der Waals surface area contributed by atoms with Gasteiger partial charge in [0.1, 0.15) is 12.1 Å². The van der Waals surface area contributed by atoms with Gasteiger partial charge in [0, 0.05) is 52.1 Å². The molecule has 4 rings (SSSR count). The van der Waals surface area contributed by atoms with Gasteiger partial charge in [0.2, 0.25) is 17.7 Å². The molecule has 10 nitrogen and oxygen atoms in total. The number of piperazine rings is 1. The molecule has 1 aromatic carbocycles. The Kier molecular flexibility index (Phi) is 12.9. The Hall–Kier alpha value is -2.86. The number of benzene rings is 1. The average molecular weight is 641 g/mol. The third-order valence-electron chi connectivity index (χ3n) is 8.80. The molecular formula is C34H52N6O4S. The van der Waals surface area contributed by atoms with Crippen molar-refractivity contribution in [3.8, 4) is 10.4 Å². The second-order valence-electron chi connectivity index (χ2n) is 13.6. The van der Waals surface area contributed by atoms with Gasteiger partial charge >= 0.3 is 0 Å². The van der Waals surface area contributed by atoms with E-state index in [0.717, 1.165) is 80.1 Å². The number of amides is 3. The van der Waals surface area contributed by atoms with E-state index in [1.807, 2.05) is 57.5 Å². The number of aromatic nitrogens is 1. The van der Waals surface area contributed by atoms with E-state index in [2.05, 4.69) is 25.8 Å². The Labute approximate surface area is 272 Å². The van der Waals surface area contributed by atoms with Gasteiger partial charge in [-0.2, -0.15) is 0 Å². The number of unbranched alkanes of at least 4 members (excludes halogenated alkanes) is 4. The van der Waals surface area contributed by atoms with Gasteiger partial charge in [0.25, 0.3) is 0 Å². The van der Waals surface area contributed by atoms with E-state index in [-0.39, 0.29) is 30.7 Å². The van der Waals surface area contributed by atoms with Crippen LogP contribution in [0.1, 0.15) is 77.0 Å². The normalized spacial score (nSPS) is 19.8. The highest BCUT2D eigenvalue weighted by atomic mass is 32.1. The lowest BCUT2D eigenvalue weighted by Gasteiger charge is -2.35. The molecule has 2 saturated heterocycles. The number of likely N-dealkylation sites (tertiary alicyclic amines) is 1. The topological polar surface area (TPSA) is 127 Å². The number of β-amino-alcohol motifs (C(OH)–C–C–N with tert-alkyl or cyclic N) is 1. The monoisotopic (exact) mass is 640 g/mol. The van der Waals surface area contributed by atoms with Crippen LogP contribution in [0.5, 0.6) is 0 Å². The van der Waals surface area contributed by atoms with Crippen LogP contribution >= 0.6 is 11.3 Å². The molecule has 0 aliphatic carbocycles. The molecule has 4 N–H and O–H groups in total. The van der Waals surface area contributed by atoms with Crippen LogP contribution in [0.15, 0.2) is 29.8 Å². The van der Waals surface area contributed by atoms with Gasteiger partial charge in [-0.1, -0.05) is 64.3 Å². The predicted molar refractivity (Wildman–Crippen MR) is 179 cm³/mol. The van der Waals surface area contributed by atoms with Gasteiger partial charge in [-0.3, -0.25) is 14.4 Å². The molecule has 1 aromatic heterocycles. The van der Waals surface area contributed by atoms with Crippen LogP contribution in [0.4, 0.5) is 0 Å². The summed E-state index contributed by atoms with van der Waals surface area (Å²) in [5.41, 5.74) is 4.27. The fourth-order valence-corrected chi connectivity index (χ4v) is 6.91. The van der Waals surface area contributed by atoms with Crippen molar-refractivity contribution in [2.75, 3.05) is 39.3 Å². The van der Waals surface area contributed by atoms with Crippen LogP contribution in [-0.4, -0.2) is 95.1 Å². The van der Waals surface area contributed by atoms with Crippen LogP contribution in [0.2, 0.25) is 0 Å². The van der Waals surface area contributed by atoms with Gasteiger partial charge in [0.05, 0.1) is 22.2 Å². The van der Waals surface area contributed by atoms with E-state index in [1.54, 1.807) is 11.3 Å². The average Bonchev–Trinajstić information content (AvgIpc) is 3.63. The summed E-state index contributed by atoms with van der Waals surface area (Å²) in [6, 6.07) is 6.38. The third kappa shape index (κ3) is 10.3. The molecule has 2 fully saturated rings. The Bertz CT molecular complexity index is 1250. The van der Waals surface area contributed by atoms with E-state index in [0.29, 0.717) is 13.0 Å². The highest BCUT2D eigenvalue weighted by Crippen LogP contribution is 2.28. The molecular weight excluding hydrogens is 588 g/mol. The predicted octanol–water partition coefficient (Wildman–Crippen LogP) is 3.47. The number of rotatable bonds is 14. The number of aryl methyl sites for hydroxylation is 1. The second-order valence-corrected chi connectivity index (χ2v) is 14.4. The molecule has 3 heterocycles. The Morgan fingerprint density at radius 1 is 1.07 bits per heavy atom. The number of hydrogen-bond donors (Lipinski definition) is 4. The zero-order valence-corrected chi connectivity index (χ0v) is 28.3. The molecule has 45 heavy (non-hydrogen) atoms. The molecule has 0 radical (unpaired) electrons. The van der Waals surface area contributed by atoms with Gasteiger partial charge in [-0.25, -0.2) is 4.98 Å². The van der Waals surface area contributed by atoms with E-state index >= 15 is 0 Å². The summed E-state index contributed by atoms with van der Waals surface area (Å²) in [5.74, 6) is -0.787. The number of hydrogen-bond acceptors (Lipinski definition) is 8. The van der Waals surface area contributed by atoms with E-state index in [1.165, 1.54) is 11.3 Å². The molecule has 11 heteroatoms. The second kappa shape index (κ2) is 16.6. The molecule has 0 saturated carbocycles. The summed E-state index contributed by atoms with van der Waals surface area (Å²) in [6.07, 6.45) is 4.94. The largest absolute Gasteiger partial charge is 0.391 e. The maximum atomic E-state index is 13.8. The van der Waals surface area contributed by atoms with Crippen molar-refractivity contribution < 1.29 is 19.5 Å². The fourth-order valence-electron chi connectivity index (χ4n) is 6.10. The van der Waals surface area contributed by atoms with Crippen LogP contribution in [0.25, 0.3) is 10.4 Å². The SMILES string of the molecule is Cc1ncsc1-c1ccc(CNC(=O)[C@@H]2C[C@@H](O)CN2C(=O)[C@@H](NC(=O)CCCCCCCN2CCNCC2)C(C)(C)C)cc1. The number of carbonyl (C=O) groups excluding carboxylic acids is 3. The Morgan fingerprint density at radius 2 is 1.76 bits per heavy atom. The summed E-state index contributed by atoms with van der Waals surface area (Å²) >= 11 is 1.59. The highest BCUT2D eigenvalue weighted by molar-refractivity contribution is 7.13. The van der Waals surface area contributed by atoms with E-state index in [4.69, 9.17) is 0 Å². The summed E-state index contributed by atoms with van der Waals surface area (Å²) < 4.78 is 0. The van der Waals surface area contributed by atoms with E-state index in [9.17, 15) is 19.5 Å². The lowest BCUT2D eigenvalue weighted by atomic mass is 9.85. The van der Waals surface area contributed by atoms with E-state index < -0.39 is 23.6 Å². The first kappa shape index (κ1) is 35.0. The molecule has 2 aliphatic heterocycles. The summed E-state index contributed by atoms with van der Waals surface area (Å²) in [7, 11) is 0. The van der Waals surface area contributed by atoms with Crippen molar-refractivity contribution in [3.63, 3.8) is 0 Å². The van der Waals surface area contributed by atoms with Crippen LogP contribution in [-0.2, 0) is 20.9 Å². The third-order valence-corrected chi connectivity index (χ3v) is 9.78. The minimum absolute atomic E-state index is 0.0657.